The Morgan fingerprint density at radius 3 is 3.27 bits per heavy atom. The Morgan fingerprint density at radius 2 is 2.40 bits per heavy atom. The number of ether oxygens (including phenoxy) is 1. The third-order valence-corrected chi connectivity index (χ3v) is 2.14. The molecule has 0 saturated heterocycles. The zero-order chi connectivity index (χ0) is 10.5. The lowest BCUT2D eigenvalue weighted by molar-refractivity contribution is 0.198. The van der Waals surface area contributed by atoms with Crippen molar-refractivity contribution in [3.05, 3.63) is 24.7 Å². The van der Waals surface area contributed by atoms with Crippen LogP contribution in [-0.4, -0.2) is 34.9 Å². The summed E-state index contributed by atoms with van der Waals surface area (Å²) in [5.74, 6) is 0.867. The highest BCUT2D eigenvalue weighted by Crippen LogP contribution is 2.11. The van der Waals surface area contributed by atoms with Crippen LogP contribution in [0.1, 0.15) is 6.42 Å². The van der Waals surface area contributed by atoms with E-state index in [4.69, 9.17) is 4.74 Å². The molecule has 80 valence electrons. The van der Waals surface area contributed by atoms with Gasteiger partial charge in [0, 0.05) is 32.7 Å². The van der Waals surface area contributed by atoms with Gasteiger partial charge in [0.05, 0.1) is 6.20 Å². The van der Waals surface area contributed by atoms with Gasteiger partial charge in [-0.05, 0) is 12.5 Å². The van der Waals surface area contributed by atoms with Crippen molar-refractivity contribution in [1.29, 1.82) is 0 Å². The molecule has 0 fully saturated rings. The zero-order valence-corrected chi connectivity index (χ0v) is 8.68. The van der Waals surface area contributed by atoms with Gasteiger partial charge in [-0.25, -0.2) is 9.50 Å². The highest BCUT2D eigenvalue weighted by atomic mass is 16.5. The molecule has 0 saturated carbocycles. The number of methoxy groups -OCH3 is 1. The van der Waals surface area contributed by atoms with E-state index >= 15 is 0 Å². The van der Waals surface area contributed by atoms with E-state index in [0.29, 0.717) is 0 Å². The van der Waals surface area contributed by atoms with Gasteiger partial charge in [0.1, 0.15) is 5.52 Å². The summed E-state index contributed by atoms with van der Waals surface area (Å²) < 4.78 is 6.77. The van der Waals surface area contributed by atoms with Crippen LogP contribution < -0.4 is 5.32 Å². The Bertz CT molecular complexity index is 426. The van der Waals surface area contributed by atoms with Gasteiger partial charge in [-0.3, -0.25) is 0 Å². The first kappa shape index (κ1) is 9.92. The van der Waals surface area contributed by atoms with Gasteiger partial charge in [0.2, 0.25) is 0 Å². The topological polar surface area (TPSA) is 51.5 Å². The molecule has 0 aliphatic heterocycles. The normalized spacial score (nSPS) is 10.7. The Labute approximate surface area is 88.1 Å². The number of fused-ring (bicyclic) bond motifs is 1. The lowest BCUT2D eigenvalue weighted by Crippen LogP contribution is -2.07. The fourth-order valence-electron chi connectivity index (χ4n) is 1.42. The maximum Gasteiger partial charge on any atom is 0.152 e. The summed E-state index contributed by atoms with van der Waals surface area (Å²) in [6, 6.07) is 1.94. The van der Waals surface area contributed by atoms with E-state index in [1.807, 2.05) is 12.3 Å². The summed E-state index contributed by atoms with van der Waals surface area (Å²) in [7, 11) is 1.70. The minimum atomic E-state index is 0.759. The number of rotatable bonds is 5. The quantitative estimate of drug-likeness (QED) is 0.746. The number of anilines is 1. The maximum absolute atomic E-state index is 4.97. The van der Waals surface area contributed by atoms with E-state index in [2.05, 4.69) is 15.4 Å². The first-order valence-electron chi connectivity index (χ1n) is 4.93. The van der Waals surface area contributed by atoms with E-state index < -0.39 is 0 Å². The van der Waals surface area contributed by atoms with E-state index in [0.717, 1.165) is 30.9 Å². The van der Waals surface area contributed by atoms with Crippen LogP contribution in [0.2, 0.25) is 0 Å². The van der Waals surface area contributed by atoms with Crippen LogP contribution in [0.3, 0.4) is 0 Å². The molecular formula is C10H14N4O. The molecule has 2 aromatic rings. The van der Waals surface area contributed by atoms with Crippen molar-refractivity contribution in [3.8, 4) is 0 Å². The van der Waals surface area contributed by atoms with Crippen molar-refractivity contribution in [2.24, 2.45) is 0 Å². The SMILES string of the molecule is COCCCNc1nccn2nccc12. The van der Waals surface area contributed by atoms with Crippen LogP contribution in [0.25, 0.3) is 5.52 Å². The Balaban J connectivity index is 2.04. The number of nitrogens with zero attached hydrogens (tertiary/aromatic N) is 3. The molecule has 0 aliphatic carbocycles. The standard InChI is InChI=1S/C10H14N4O/c1-15-8-2-4-11-10-9-3-5-13-14(9)7-6-12-10/h3,5-7H,2,4,8H2,1H3,(H,11,12). The summed E-state index contributed by atoms with van der Waals surface area (Å²) >= 11 is 0. The van der Waals surface area contributed by atoms with Crippen LogP contribution in [-0.2, 0) is 4.74 Å². The Hall–Kier alpha value is -1.62. The van der Waals surface area contributed by atoms with Crippen molar-refractivity contribution >= 4 is 11.3 Å². The monoisotopic (exact) mass is 206 g/mol. The maximum atomic E-state index is 4.97. The van der Waals surface area contributed by atoms with Crippen molar-refractivity contribution in [2.45, 2.75) is 6.42 Å². The summed E-state index contributed by atoms with van der Waals surface area (Å²) in [4.78, 5) is 4.26. The lowest BCUT2D eigenvalue weighted by atomic mass is 10.4. The average molecular weight is 206 g/mol. The average Bonchev–Trinajstić information content (AvgIpc) is 2.73. The molecule has 0 atom stereocenters. The number of hydrogen-bond acceptors (Lipinski definition) is 4. The van der Waals surface area contributed by atoms with E-state index in [1.165, 1.54) is 0 Å². The third-order valence-electron chi connectivity index (χ3n) is 2.14. The van der Waals surface area contributed by atoms with Gasteiger partial charge in [-0.15, -0.1) is 0 Å². The van der Waals surface area contributed by atoms with Crippen LogP contribution in [0.5, 0.6) is 0 Å². The molecule has 2 heterocycles. The van der Waals surface area contributed by atoms with Gasteiger partial charge in [0.25, 0.3) is 0 Å². The fourth-order valence-corrected chi connectivity index (χ4v) is 1.42. The molecule has 15 heavy (non-hydrogen) atoms. The van der Waals surface area contributed by atoms with E-state index in [1.54, 1.807) is 24.0 Å². The minimum absolute atomic E-state index is 0.759. The summed E-state index contributed by atoms with van der Waals surface area (Å²) in [5.41, 5.74) is 0.995. The van der Waals surface area contributed by atoms with Crippen molar-refractivity contribution < 1.29 is 4.74 Å². The Morgan fingerprint density at radius 1 is 1.47 bits per heavy atom. The Kier molecular flexibility index (Phi) is 3.14. The summed E-state index contributed by atoms with van der Waals surface area (Å²) in [6.07, 6.45) is 6.29. The van der Waals surface area contributed by atoms with Crippen LogP contribution in [0.15, 0.2) is 24.7 Å². The number of aromatic nitrogens is 3. The second-order valence-corrected chi connectivity index (χ2v) is 3.21. The predicted octanol–water partition coefficient (Wildman–Crippen LogP) is 1.18. The number of nitrogens with one attached hydrogen (secondary N) is 1. The molecule has 2 aromatic heterocycles. The first-order valence-corrected chi connectivity index (χ1v) is 4.93. The van der Waals surface area contributed by atoms with Gasteiger partial charge >= 0.3 is 0 Å². The second-order valence-electron chi connectivity index (χ2n) is 3.21. The van der Waals surface area contributed by atoms with Crippen LogP contribution in [0, 0.1) is 0 Å². The van der Waals surface area contributed by atoms with E-state index in [9.17, 15) is 0 Å². The van der Waals surface area contributed by atoms with Gasteiger partial charge in [0.15, 0.2) is 5.82 Å². The molecule has 0 unspecified atom stereocenters. The van der Waals surface area contributed by atoms with Gasteiger partial charge < -0.3 is 10.1 Å². The van der Waals surface area contributed by atoms with Crippen LogP contribution >= 0.6 is 0 Å². The van der Waals surface area contributed by atoms with Crippen molar-refractivity contribution in [1.82, 2.24) is 14.6 Å². The van der Waals surface area contributed by atoms with Crippen molar-refractivity contribution in [2.75, 3.05) is 25.6 Å². The molecule has 0 aromatic carbocycles. The second kappa shape index (κ2) is 4.75. The summed E-state index contributed by atoms with van der Waals surface area (Å²) in [6.45, 7) is 1.61. The van der Waals surface area contributed by atoms with Crippen LogP contribution in [0.4, 0.5) is 5.82 Å². The molecule has 0 amide bonds. The molecule has 5 nitrogen and oxygen atoms in total. The van der Waals surface area contributed by atoms with Gasteiger partial charge in [-0.1, -0.05) is 0 Å². The minimum Gasteiger partial charge on any atom is -0.385 e. The largest absolute Gasteiger partial charge is 0.385 e. The predicted molar refractivity (Wildman–Crippen MR) is 58.0 cm³/mol. The van der Waals surface area contributed by atoms with E-state index in [-0.39, 0.29) is 0 Å². The molecule has 5 heteroatoms. The molecule has 0 aliphatic rings. The molecule has 1 N–H and O–H groups in total. The smallest absolute Gasteiger partial charge is 0.152 e. The summed E-state index contributed by atoms with van der Waals surface area (Å²) in [5, 5.41) is 7.39. The fraction of sp³-hybridized carbons (Fsp3) is 0.400. The number of hydrogen-bond donors (Lipinski definition) is 1. The molecular weight excluding hydrogens is 192 g/mol. The first-order chi connectivity index (χ1) is 7.42. The highest BCUT2D eigenvalue weighted by Gasteiger charge is 2.01. The highest BCUT2D eigenvalue weighted by molar-refractivity contribution is 5.66. The zero-order valence-electron chi connectivity index (χ0n) is 8.68. The van der Waals surface area contributed by atoms with Crippen molar-refractivity contribution in [3.63, 3.8) is 0 Å². The molecule has 0 spiro atoms. The molecule has 0 radical (unpaired) electrons. The molecule has 2 rings (SSSR count). The van der Waals surface area contributed by atoms with Gasteiger partial charge in [-0.2, -0.15) is 5.10 Å². The third kappa shape index (κ3) is 2.24. The molecule has 0 bridgehead atoms. The lowest BCUT2D eigenvalue weighted by Gasteiger charge is -2.05.